The van der Waals surface area contributed by atoms with E-state index in [1.165, 1.54) is 0 Å². The van der Waals surface area contributed by atoms with E-state index in [9.17, 15) is 24.7 Å². The van der Waals surface area contributed by atoms with Crippen LogP contribution >= 0.6 is 0 Å². The zero-order valence-corrected chi connectivity index (χ0v) is 17.2. The number of nitrogens with one attached hydrogen (secondary N) is 1. The average molecular weight is 436 g/mol. The number of aromatic carboxylic acids is 1. The maximum atomic E-state index is 12.1. The number of carbonyl (C=O) groups excluding carboxylic acids is 1. The molecule has 3 atom stereocenters. The predicted octanol–water partition coefficient (Wildman–Crippen LogP) is -1.55. The van der Waals surface area contributed by atoms with E-state index in [0.717, 1.165) is 0 Å². The minimum absolute atomic E-state index is 0.0417. The van der Waals surface area contributed by atoms with Crippen molar-refractivity contribution in [1.82, 2.24) is 10.2 Å². The van der Waals surface area contributed by atoms with Crippen LogP contribution in [-0.4, -0.2) is 88.2 Å². The van der Waals surface area contributed by atoms with Gasteiger partial charge in [0.05, 0.1) is 12.4 Å². The maximum absolute atomic E-state index is 12.1. The van der Waals surface area contributed by atoms with Gasteiger partial charge in [-0.3, -0.25) is 9.69 Å². The average Bonchev–Trinajstić information content (AvgIpc) is 3.45. The molecule has 1 saturated heterocycles. The third-order valence-corrected chi connectivity index (χ3v) is 6.14. The molecule has 2 heterocycles. The molecular formula is C19H27BN3O8-. The molecule has 2 unspecified atom stereocenters. The second-order valence-electron chi connectivity index (χ2n) is 8.88. The van der Waals surface area contributed by atoms with Crippen molar-refractivity contribution in [2.24, 2.45) is 5.73 Å². The number of hydrogen-bond acceptors (Lipinski definition) is 9. The number of ether oxygens (including phenoxy) is 1. The lowest BCUT2D eigenvalue weighted by atomic mass is 9.68. The van der Waals surface area contributed by atoms with Crippen LogP contribution < -0.4 is 20.4 Å². The van der Waals surface area contributed by atoms with Crippen molar-refractivity contribution >= 4 is 18.6 Å². The van der Waals surface area contributed by atoms with Crippen molar-refractivity contribution in [3.8, 4) is 11.5 Å². The molecule has 1 aromatic carbocycles. The molecule has 1 saturated carbocycles. The van der Waals surface area contributed by atoms with Gasteiger partial charge in [-0.15, -0.1) is 0 Å². The molecule has 31 heavy (non-hydrogen) atoms. The van der Waals surface area contributed by atoms with Gasteiger partial charge in [-0.05, 0) is 24.5 Å². The lowest BCUT2D eigenvalue weighted by Gasteiger charge is -2.43. The summed E-state index contributed by atoms with van der Waals surface area (Å²) in [5.74, 6) is -2.12. The number of carbonyl (C=O) groups is 2. The standard InChI is InChI=1S/C19H27BN3O8/c1-19(21,18(27)22-4-5-24)9-23-7-10(8-23)30-14-3-2-11-12-6-13(12)20(28,29)31-16(11)15(14)17(25)26/h2-3,10,12-13,24,28-29H,4-9,21H2,1H3,(H,22,27)(H,25,26)/q-1/t12?,13?,19-/m1/s1. The van der Waals surface area contributed by atoms with Gasteiger partial charge < -0.3 is 40.7 Å². The highest BCUT2D eigenvalue weighted by atomic mass is 16.6. The van der Waals surface area contributed by atoms with E-state index in [1.807, 2.05) is 4.90 Å². The summed E-state index contributed by atoms with van der Waals surface area (Å²) in [5.41, 5.74) is 5.36. The summed E-state index contributed by atoms with van der Waals surface area (Å²) >= 11 is 0. The smallest absolute Gasteiger partial charge is 0.434 e. The second-order valence-corrected chi connectivity index (χ2v) is 8.88. The largest absolute Gasteiger partial charge is 0.669 e. The number of rotatable bonds is 8. The van der Waals surface area contributed by atoms with Crippen LogP contribution in [0.1, 0.15) is 35.2 Å². The highest BCUT2D eigenvalue weighted by Gasteiger charge is 2.55. The molecule has 0 radical (unpaired) electrons. The summed E-state index contributed by atoms with van der Waals surface area (Å²) in [5, 5.41) is 41.3. The highest BCUT2D eigenvalue weighted by Crippen LogP contribution is 2.63. The molecule has 7 N–H and O–H groups in total. The number of carboxylic acid groups (broad SMARTS) is 1. The first kappa shape index (κ1) is 21.8. The quantitative estimate of drug-likeness (QED) is 0.262. The Bertz CT molecular complexity index is 902. The SMILES string of the molecule is C[C@@](N)(CN1CC(Oc2ccc3c(c2C(=O)O)O[B-](O)(O)C2CC32)C1)C(=O)NCCO. The number of amides is 1. The number of benzene rings is 1. The van der Waals surface area contributed by atoms with Crippen molar-refractivity contribution in [2.75, 3.05) is 32.8 Å². The lowest BCUT2D eigenvalue weighted by molar-refractivity contribution is -0.127. The third kappa shape index (κ3) is 4.09. The first-order valence-corrected chi connectivity index (χ1v) is 10.3. The predicted molar refractivity (Wildman–Crippen MR) is 109 cm³/mol. The van der Waals surface area contributed by atoms with E-state index < -0.39 is 24.1 Å². The number of likely N-dealkylation sites (tertiary alicyclic amines) is 1. The molecule has 4 rings (SSSR count). The van der Waals surface area contributed by atoms with Crippen molar-refractivity contribution in [3.05, 3.63) is 23.3 Å². The van der Waals surface area contributed by atoms with E-state index in [2.05, 4.69) is 5.32 Å². The lowest BCUT2D eigenvalue weighted by Crippen LogP contribution is -2.64. The minimum atomic E-state index is -3.10. The molecule has 11 nitrogen and oxygen atoms in total. The van der Waals surface area contributed by atoms with Gasteiger partial charge in [-0.1, -0.05) is 18.3 Å². The number of aliphatic hydroxyl groups excluding tert-OH is 1. The summed E-state index contributed by atoms with van der Waals surface area (Å²) in [4.78, 5) is 25.9. The van der Waals surface area contributed by atoms with Gasteiger partial charge >= 0.3 is 12.7 Å². The number of nitrogens with zero attached hydrogens (tertiary/aromatic N) is 1. The molecular weight excluding hydrogens is 409 g/mol. The maximum Gasteiger partial charge on any atom is 0.434 e. The monoisotopic (exact) mass is 436 g/mol. The van der Waals surface area contributed by atoms with E-state index in [1.54, 1.807) is 19.1 Å². The van der Waals surface area contributed by atoms with Crippen LogP contribution in [0, 0.1) is 0 Å². The summed E-state index contributed by atoms with van der Waals surface area (Å²) in [6.07, 6.45) is 0.226. The zero-order chi connectivity index (χ0) is 22.6. The van der Waals surface area contributed by atoms with Crippen molar-refractivity contribution < 1.29 is 39.2 Å². The first-order chi connectivity index (χ1) is 14.5. The van der Waals surface area contributed by atoms with Gasteiger partial charge in [0.25, 0.3) is 0 Å². The molecule has 12 heteroatoms. The summed E-state index contributed by atoms with van der Waals surface area (Å²) in [6, 6.07) is 3.29. The van der Waals surface area contributed by atoms with E-state index >= 15 is 0 Å². The molecule has 1 aliphatic carbocycles. The normalized spacial score (nSPS) is 25.8. The van der Waals surface area contributed by atoms with Crippen LogP contribution in [0.2, 0.25) is 5.82 Å². The van der Waals surface area contributed by atoms with E-state index in [-0.39, 0.29) is 54.7 Å². The van der Waals surface area contributed by atoms with E-state index in [0.29, 0.717) is 25.1 Å². The highest BCUT2D eigenvalue weighted by molar-refractivity contribution is 6.62. The van der Waals surface area contributed by atoms with Crippen molar-refractivity contribution in [2.45, 2.75) is 36.7 Å². The Hall–Kier alpha value is -2.38. The van der Waals surface area contributed by atoms with Crippen molar-refractivity contribution in [3.63, 3.8) is 0 Å². The molecule has 3 aliphatic rings. The molecule has 2 aliphatic heterocycles. The summed E-state index contributed by atoms with van der Waals surface area (Å²) in [7, 11) is 0. The Morgan fingerprint density at radius 3 is 2.74 bits per heavy atom. The second kappa shape index (κ2) is 7.64. The number of nitrogens with two attached hydrogens (primary N) is 1. The van der Waals surface area contributed by atoms with Crippen LogP contribution in [-0.2, 0) is 4.79 Å². The van der Waals surface area contributed by atoms with Crippen molar-refractivity contribution in [1.29, 1.82) is 0 Å². The number of carboxylic acids is 1. The van der Waals surface area contributed by atoms with Crippen LogP contribution in [0.3, 0.4) is 0 Å². The Kier molecular flexibility index (Phi) is 5.38. The topological polar surface area (TPSA) is 175 Å². The summed E-state index contributed by atoms with van der Waals surface area (Å²) in [6.45, 7) is -0.396. The van der Waals surface area contributed by atoms with Gasteiger partial charge in [-0.25, -0.2) is 4.79 Å². The molecule has 2 fully saturated rings. The number of hydrogen-bond donors (Lipinski definition) is 6. The molecule has 0 aromatic heterocycles. The third-order valence-electron chi connectivity index (χ3n) is 6.14. The molecule has 0 bridgehead atoms. The van der Waals surface area contributed by atoms with Crippen LogP contribution in [0.25, 0.3) is 0 Å². The van der Waals surface area contributed by atoms with Gasteiger partial charge in [0.15, 0.2) is 0 Å². The van der Waals surface area contributed by atoms with Gasteiger partial charge in [0.2, 0.25) is 5.91 Å². The zero-order valence-electron chi connectivity index (χ0n) is 17.2. The van der Waals surface area contributed by atoms with Crippen LogP contribution in [0.15, 0.2) is 12.1 Å². The Balaban J connectivity index is 1.41. The molecule has 170 valence electrons. The van der Waals surface area contributed by atoms with E-state index in [4.69, 9.17) is 20.2 Å². The number of aliphatic hydroxyl groups is 1. The Labute approximate surface area is 178 Å². The Morgan fingerprint density at radius 1 is 1.39 bits per heavy atom. The van der Waals surface area contributed by atoms with Gasteiger partial charge in [0.1, 0.15) is 23.0 Å². The van der Waals surface area contributed by atoms with Crippen LogP contribution in [0.5, 0.6) is 11.5 Å². The fraction of sp³-hybridized carbons (Fsp3) is 0.579. The molecule has 1 amide bonds. The number of fused-ring (bicyclic) bond motifs is 3. The molecule has 0 spiro atoms. The summed E-state index contributed by atoms with van der Waals surface area (Å²) < 4.78 is 11.2. The minimum Gasteiger partial charge on any atom is -0.669 e. The van der Waals surface area contributed by atoms with Gasteiger partial charge in [0, 0.05) is 26.2 Å². The first-order valence-electron chi connectivity index (χ1n) is 10.3. The Morgan fingerprint density at radius 2 is 2.10 bits per heavy atom. The van der Waals surface area contributed by atoms with Crippen LogP contribution in [0.4, 0.5) is 0 Å². The fourth-order valence-electron chi connectivity index (χ4n) is 4.43. The van der Waals surface area contributed by atoms with Gasteiger partial charge in [-0.2, -0.15) is 0 Å². The molecule has 1 aromatic rings. The fourth-order valence-corrected chi connectivity index (χ4v) is 4.43.